The minimum atomic E-state index is -0.230. The monoisotopic (exact) mass is 602 g/mol. The van der Waals surface area contributed by atoms with Crippen LogP contribution in [-0.4, -0.2) is 77.9 Å². The molecule has 2 saturated heterocycles. The number of fused-ring (bicyclic) bond motifs is 2. The van der Waals surface area contributed by atoms with Crippen molar-refractivity contribution in [2.24, 2.45) is 0 Å². The second-order valence-corrected chi connectivity index (χ2v) is 11.4. The highest BCUT2D eigenvalue weighted by Gasteiger charge is 2.52. The fourth-order valence-electron chi connectivity index (χ4n) is 6.28. The predicted molar refractivity (Wildman–Crippen MR) is 156 cm³/mol. The van der Waals surface area contributed by atoms with Gasteiger partial charge in [0.1, 0.15) is 5.75 Å². The average Bonchev–Trinajstić information content (AvgIpc) is 3.20. The molecule has 0 saturated carbocycles. The lowest BCUT2D eigenvalue weighted by Crippen LogP contribution is -2.69. The van der Waals surface area contributed by atoms with Gasteiger partial charge >= 0.3 is 6.03 Å². The number of carbonyl (C=O) groups is 3. The molecule has 3 aromatic carbocycles. The number of hydrogen-bond donors (Lipinski definition) is 1. The van der Waals surface area contributed by atoms with Crippen LogP contribution in [0.2, 0.25) is 0 Å². The van der Waals surface area contributed by atoms with Gasteiger partial charge in [0.15, 0.2) is 0 Å². The van der Waals surface area contributed by atoms with Gasteiger partial charge in [0, 0.05) is 47.8 Å². The lowest BCUT2D eigenvalue weighted by Gasteiger charge is -2.58. The molecule has 3 aliphatic heterocycles. The molecule has 1 N–H and O–H groups in total. The number of nitrogens with one attached hydrogen (secondary N) is 1. The molecule has 2 fully saturated rings. The summed E-state index contributed by atoms with van der Waals surface area (Å²) in [6.45, 7) is 2.41. The van der Waals surface area contributed by atoms with Crippen LogP contribution in [0.5, 0.6) is 5.75 Å². The summed E-state index contributed by atoms with van der Waals surface area (Å²) < 4.78 is 6.22. The molecular formula is C31H31BrN4O4. The topological polar surface area (TPSA) is 82.2 Å². The van der Waals surface area contributed by atoms with Crippen LogP contribution in [0.1, 0.15) is 45.0 Å². The summed E-state index contributed by atoms with van der Waals surface area (Å²) in [5.74, 6) is 0.333. The number of imide groups is 1. The molecule has 8 nitrogen and oxygen atoms in total. The van der Waals surface area contributed by atoms with Gasteiger partial charge in [-0.25, -0.2) is 4.79 Å². The van der Waals surface area contributed by atoms with Crippen molar-refractivity contribution >= 4 is 39.5 Å². The summed E-state index contributed by atoms with van der Waals surface area (Å²) in [6, 6.07) is 22.5. The second-order valence-electron chi connectivity index (χ2n) is 10.5. The lowest BCUT2D eigenvalue weighted by molar-refractivity contribution is -0.0437. The summed E-state index contributed by atoms with van der Waals surface area (Å²) in [5.41, 5.74) is 2.80. The Bertz CT molecular complexity index is 1390. The largest absolute Gasteiger partial charge is 0.497 e. The van der Waals surface area contributed by atoms with E-state index in [1.807, 2.05) is 41.3 Å². The molecule has 0 radical (unpaired) electrons. The molecule has 0 spiro atoms. The number of amides is 4. The third-order valence-corrected chi connectivity index (χ3v) is 8.84. The Labute approximate surface area is 242 Å². The third-order valence-electron chi connectivity index (χ3n) is 8.31. The quantitative estimate of drug-likeness (QED) is 0.405. The van der Waals surface area contributed by atoms with Crippen LogP contribution in [0.25, 0.3) is 0 Å². The molecule has 4 amide bonds. The maximum Gasteiger partial charge on any atom is 0.321 e. The normalized spacial score (nSPS) is 22.6. The predicted octanol–water partition coefficient (Wildman–Crippen LogP) is 5.22. The van der Waals surface area contributed by atoms with E-state index in [2.05, 4.69) is 38.3 Å². The van der Waals surface area contributed by atoms with Gasteiger partial charge in [-0.15, -0.1) is 0 Å². The van der Waals surface area contributed by atoms with Crippen molar-refractivity contribution < 1.29 is 19.1 Å². The highest BCUT2D eigenvalue weighted by atomic mass is 79.9. The molecule has 3 aliphatic rings. The number of rotatable bonds is 5. The van der Waals surface area contributed by atoms with Crippen molar-refractivity contribution in [3.63, 3.8) is 0 Å². The van der Waals surface area contributed by atoms with Crippen LogP contribution in [0.3, 0.4) is 0 Å². The maximum absolute atomic E-state index is 13.4. The Balaban J connectivity index is 1.24. The van der Waals surface area contributed by atoms with Crippen molar-refractivity contribution in [2.45, 2.75) is 30.8 Å². The first-order valence-electron chi connectivity index (χ1n) is 13.6. The molecule has 0 bridgehead atoms. The first kappa shape index (κ1) is 26.5. The van der Waals surface area contributed by atoms with E-state index in [9.17, 15) is 14.4 Å². The molecule has 0 aromatic heterocycles. The van der Waals surface area contributed by atoms with Crippen LogP contribution >= 0.6 is 15.9 Å². The van der Waals surface area contributed by atoms with Crippen LogP contribution in [-0.2, 0) is 0 Å². The molecule has 3 heterocycles. The van der Waals surface area contributed by atoms with E-state index in [4.69, 9.17) is 4.74 Å². The van der Waals surface area contributed by atoms with Gasteiger partial charge in [-0.2, -0.15) is 0 Å². The molecule has 206 valence electrons. The van der Waals surface area contributed by atoms with Gasteiger partial charge in [-0.1, -0.05) is 40.2 Å². The number of methoxy groups -OCH3 is 1. The minimum Gasteiger partial charge on any atom is -0.497 e. The van der Waals surface area contributed by atoms with E-state index in [-0.39, 0.29) is 35.8 Å². The fourth-order valence-corrected chi connectivity index (χ4v) is 6.54. The number of hydrogen-bond acceptors (Lipinski definition) is 5. The van der Waals surface area contributed by atoms with Crippen LogP contribution in [0.15, 0.2) is 77.3 Å². The van der Waals surface area contributed by atoms with Crippen molar-refractivity contribution in [1.29, 1.82) is 0 Å². The smallest absolute Gasteiger partial charge is 0.321 e. The van der Waals surface area contributed by atoms with Gasteiger partial charge < -0.3 is 15.0 Å². The van der Waals surface area contributed by atoms with Gasteiger partial charge in [0.2, 0.25) is 0 Å². The molecule has 3 atom stereocenters. The van der Waals surface area contributed by atoms with E-state index in [0.29, 0.717) is 36.4 Å². The van der Waals surface area contributed by atoms with E-state index >= 15 is 0 Å². The Hall–Kier alpha value is -3.69. The number of halogens is 1. The first-order chi connectivity index (χ1) is 19.4. The summed E-state index contributed by atoms with van der Waals surface area (Å²) in [6.07, 6.45) is 1.80. The highest BCUT2D eigenvalue weighted by Crippen LogP contribution is 2.43. The van der Waals surface area contributed by atoms with Crippen molar-refractivity contribution in [3.8, 4) is 5.75 Å². The molecular weight excluding hydrogens is 572 g/mol. The minimum absolute atomic E-state index is 0.0296. The number of carbonyl (C=O) groups excluding carboxylic acids is 3. The first-order valence-corrected chi connectivity index (χ1v) is 14.4. The SMILES string of the molecule is COc1ccc(NC(=O)N2CCCCN3[C@H](CN4C(=O)c5ccccc5C4=O)[C@H](c4ccc(Br)cc4)[C@@H]3C2)cc1. The number of urea groups is 1. The van der Waals surface area contributed by atoms with E-state index in [1.165, 1.54) is 4.90 Å². The third kappa shape index (κ3) is 4.88. The zero-order valence-electron chi connectivity index (χ0n) is 22.3. The summed E-state index contributed by atoms with van der Waals surface area (Å²) >= 11 is 3.54. The molecule has 3 aromatic rings. The molecule has 0 aliphatic carbocycles. The molecule has 9 heteroatoms. The van der Waals surface area contributed by atoms with Crippen molar-refractivity contribution in [2.75, 3.05) is 38.6 Å². The lowest BCUT2D eigenvalue weighted by atomic mass is 9.73. The standard InChI is InChI=1S/C31H31BrN4O4/c1-40-23-14-12-22(13-15-23)33-31(39)34-16-4-5-17-35-26(18-34)28(20-8-10-21(32)11-9-20)27(35)19-36-29(37)24-6-2-3-7-25(24)30(36)38/h2-3,6-15,26-28H,4-5,16-19H2,1H3,(H,33,39)/t26-,27+,28+/m0/s1. The zero-order valence-corrected chi connectivity index (χ0v) is 23.8. The van der Waals surface area contributed by atoms with Gasteiger partial charge in [-0.05, 0) is 73.5 Å². The van der Waals surface area contributed by atoms with Crippen LogP contribution in [0.4, 0.5) is 10.5 Å². The molecule has 6 rings (SSSR count). The number of nitrogens with zero attached hydrogens (tertiary/aromatic N) is 3. The van der Waals surface area contributed by atoms with Gasteiger partial charge in [0.25, 0.3) is 11.8 Å². The molecule has 0 unspecified atom stereocenters. The van der Waals surface area contributed by atoms with Gasteiger partial charge in [0.05, 0.1) is 18.2 Å². The van der Waals surface area contributed by atoms with Crippen molar-refractivity contribution in [3.05, 3.63) is 94.0 Å². The van der Waals surface area contributed by atoms with Crippen LogP contribution in [0, 0.1) is 0 Å². The van der Waals surface area contributed by atoms with Crippen molar-refractivity contribution in [1.82, 2.24) is 14.7 Å². The fraction of sp³-hybridized carbons (Fsp3) is 0.323. The zero-order chi connectivity index (χ0) is 27.8. The Morgan fingerprint density at radius 3 is 2.23 bits per heavy atom. The van der Waals surface area contributed by atoms with E-state index in [0.717, 1.165) is 35.2 Å². The number of benzene rings is 3. The highest BCUT2D eigenvalue weighted by molar-refractivity contribution is 9.10. The second kappa shape index (κ2) is 11.1. The molecule has 40 heavy (non-hydrogen) atoms. The Kier molecular flexibility index (Phi) is 7.33. The average molecular weight is 604 g/mol. The number of ether oxygens (including phenoxy) is 1. The van der Waals surface area contributed by atoms with Gasteiger partial charge in [-0.3, -0.25) is 19.4 Å². The Morgan fingerprint density at radius 1 is 0.925 bits per heavy atom. The summed E-state index contributed by atoms with van der Waals surface area (Å²) in [4.78, 5) is 45.5. The summed E-state index contributed by atoms with van der Waals surface area (Å²) in [5, 5.41) is 3.03. The number of anilines is 1. The van der Waals surface area contributed by atoms with E-state index in [1.54, 1.807) is 31.4 Å². The Morgan fingerprint density at radius 2 is 1.57 bits per heavy atom. The van der Waals surface area contributed by atoms with E-state index < -0.39 is 0 Å². The maximum atomic E-state index is 13.4. The summed E-state index contributed by atoms with van der Waals surface area (Å²) in [7, 11) is 1.61. The van der Waals surface area contributed by atoms with Crippen LogP contribution < -0.4 is 10.1 Å².